The largest absolute Gasteiger partial charge is 0.345 e. The van der Waals surface area contributed by atoms with E-state index >= 15 is 0 Å². The van der Waals surface area contributed by atoms with Crippen LogP contribution in [0.2, 0.25) is 0 Å². The van der Waals surface area contributed by atoms with Crippen LogP contribution in [0.25, 0.3) is 22.3 Å². The number of fused-ring (bicyclic) bond motifs is 1. The van der Waals surface area contributed by atoms with Crippen molar-refractivity contribution in [3.8, 4) is 11.3 Å². The van der Waals surface area contributed by atoms with Gasteiger partial charge in [-0.1, -0.05) is 13.0 Å². The van der Waals surface area contributed by atoms with Gasteiger partial charge in [-0.05, 0) is 25.1 Å². The van der Waals surface area contributed by atoms with Gasteiger partial charge in [-0.15, -0.1) is 0 Å². The molecule has 5 nitrogen and oxygen atoms in total. The first kappa shape index (κ1) is 11.9. The second-order valence-electron chi connectivity index (χ2n) is 4.79. The van der Waals surface area contributed by atoms with E-state index in [1.807, 2.05) is 18.3 Å². The first-order valence-electron chi connectivity index (χ1n) is 6.46. The predicted molar refractivity (Wildman–Crippen MR) is 75.8 cm³/mol. The summed E-state index contributed by atoms with van der Waals surface area (Å²) in [4.78, 5) is 15.1. The van der Waals surface area contributed by atoms with Gasteiger partial charge in [0.25, 0.3) is 0 Å². The quantitative estimate of drug-likeness (QED) is 0.669. The van der Waals surface area contributed by atoms with E-state index in [4.69, 9.17) is 5.73 Å². The Kier molecular flexibility index (Phi) is 3.05. The van der Waals surface area contributed by atoms with Gasteiger partial charge in [0, 0.05) is 11.5 Å². The highest BCUT2D eigenvalue weighted by Crippen LogP contribution is 2.23. The molecule has 0 radical (unpaired) electrons. The normalized spacial score (nSPS) is 12.9. The van der Waals surface area contributed by atoms with Gasteiger partial charge < -0.3 is 15.7 Å². The fourth-order valence-electron chi connectivity index (χ4n) is 2.22. The van der Waals surface area contributed by atoms with Crippen molar-refractivity contribution >= 4 is 11.0 Å². The maximum atomic E-state index is 5.58. The van der Waals surface area contributed by atoms with E-state index < -0.39 is 0 Å². The SMILES string of the molecule is CC(CCN)c1ncc(-c2ccc3nc[nH]c3c2)[nH]1. The van der Waals surface area contributed by atoms with Crippen LogP contribution < -0.4 is 5.73 Å². The van der Waals surface area contributed by atoms with E-state index in [9.17, 15) is 0 Å². The van der Waals surface area contributed by atoms with Crippen LogP contribution in [0.3, 0.4) is 0 Å². The molecule has 0 amide bonds. The summed E-state index contributed by atoms with van der Waals surface area (Å²) in [5, 5.41) is 0. The smallest absolute Gasteiger partial charge is 0.109 e. The van der Waals surface area contributed by atoms with Crippen LogP contribution in [0.1, 0.15) is 25.1 Å². The standard InChI is InChI=1S/C14H17N5/c1-9(4-5-15)14-16-7-13(19-14)10-2-3-11-12(6-10)18-8-17-11/h2-3,6-9H,4-5,15H2,1H3,(H,16,19)(H,17,18). The molecular formula is C14H17N5. The lowest BCUT2D eigenvalue weighted by Gasteiger charge is -2.05. The first-order chi connectivity index (χ1) is 9.28. The Morgan fingerprint density at radius 1 is 1.32 bits per heavy atom. The number of imidazole rings is 2. The topological polar surface area (TPSA) is 83.4 Å². The fourth-order valence-corrected chi connectivity index (χ4v) is 2.22. The molecule has 0 spiro atoms. The molecule has 19 heavy (non-hydrogen) atoms. The predicted octanol–water partition coefficient (Wildman–Crippen LogP) is 2.41. The Balaban J connectivity index is 1.93. The highest BCUT2D eigenvalue weighted by Gasteiger charge is 2.10. The van der Waals surface area contributed by atoms with Crippen LogP contribution in [-0.4, -0.2) is 26.5 Å². The Labute approximate surface area is 111 Å². The van der Waals surface area contributed by atoms with Gasteiger partial charge >= 0.3 is 0 Å². The average Bonchev–Trinajstić information content (AvgIpc) is 3.07. The summed E-state index contributed by atoms with van der Waals surface area (Å²) >= 11 is 0. The summed E-state index contributed by atoms with van der Waals surface area (Å²) in [7, 11) is 0. The van der Waals surface area contributed by atoms with Crippen LogP contribution in [0.15, 0.2) is 30.7 Å². The van der Waals surface area contributed by atoms with Gasteiger partial charge in [0.15, 0.2) is 0 Å². The van der Waals surface area contributed by atoms with Crippen LogP contribution >= 0.6 is 0 Å². The molecule has 3 rings (SSSR count). The third-order valence-electron chi connectivity index (χ3n) is 3.39. The molecule has 0 aliphatic rings. The molecule has 0 bridgehead atoms. The summed E-state index contributed by atoms with van der Waals surface area (Å²) in [6.07, 6.45) is 4.52. The second-order valence-corrected chi connectivity index (χ2v) is 4.79. The molecule has 0 aliphatic heterocycles. The Hall–Kier alpha value is -2.14. The van der Waals surface area contributed by atoms with Crippen molar-refractivity contribution in [1.29, 1.82) is 0 Å². The molecule has 1 unspecified atom stereocenters. The Morgan fingerprint density at radius 2 is 2.21 bits per heavy atom. The molecule has 0 saturated carbocycles. The summed E-state index contributed by atoms with van der Waals surface area (Å²) in [6.45, 7) is 2.81. The van der Waals surface area contributed by atoms with Gasteiger partial charge in [-0.2, -0.15) is 0 Å². The van der Waals surface area contributed by atoms with Crippen molar-refractivity contribution in [2.24, 2.45) is 5.73 Å². The molecule has 1 atom stereocenters. The minimum absolute atomic E-state index is 0.356. The van der Waals surface area contributed by atoms with E-state index in [1.54, 1.807) is 6.33 Å². The third-order valence-corrected chi connectivity index (χ3v) is 3.39. The summed E-state index contributed by atoms with van der Waals surface area (Å²) in [6, 6.07) is 6.13. The molecule has 0 aliphatic carbocycles. The molecular weight excluding hydrogens is 238 g/mol. The zero-order valence-electron chi connectivity index (χ0n) is 10.9. The number of aromatic nitrogens is 4. The zero-order valence-corrected chi connectivity index (χ0v) is 10.9. The number of nitrogens with one attached hydrogen (secondary N) is 2. The lowest BCUT2D eigenvalue weighted by molar-refractivity contribution is 0.655. The van der Waals surface area contributed by atoms with E-state index in [1.165, 1.54) is 0 Å². The minimum Gasteiger partial charge on any atom is -0.345 e. The van der Waals surface area contributed by atoms with Gasteiger partial charge in [0.2, 0.25) is 0 Å². The number of nitrogens with two attached hydrogens (primary N) is 1. The number of hydrogen-bond acceptors (Lipinski definition) is 3. The highest BCUT2D eigenvalue weighted by molar-refractivity contribution is 5.80. The minimum atomic E-state index is 0.356. The molecule has 2 heterocycles. The van der Waals surface area contributed by atoms with Crippen molar-refractivity contribution in [2.45, 2.75) is 19.3 Å². The maximum Gasteiger partial charge on any atom is 0.109 e. The monoisotopic (exact) mass is 255 g/mol. The number of nitrogens with zero attached hydrogens (tertiary/aromatic N) is 2. The number of rotatable bonds is 4. The van der Waals surface area contributed by atoms with Crippen LogP contribution in [0, 0.1) is 0 Å². The molecule has 2 aromatic heterocycles. The fraction of sp³-hybridized carbons (Fsp3) is 0.286. The Bertz CT molecular complexity index is 682. The van der Waals surface area contributed by atoms with E-state index in [-0.39, 0.29) is 0 Å². The average molecular weight is 255 g/mol. The van der Waals surface area contributed by atoms with E-state index in [2.05, 4.69) is 32.9 Å². The Morgan fingerprint density at radius 3 is 3.05 bits per heavy atom. The van der Waals surface area contributed by atoms with Gasteiger partial charge in [-0.3, -0.25) is 0 Å². The number of benzene rings is 1. The lowest BCUT2D eigenvalue weighted by Crippen LogP contribution is -2.05. The molecule has 4 N–H and O–H groups in total. The van der Waals surface area contributed by atoms with Crippen molar-refractivity contribution in [3.63, 3.8) is 0 Å². The van der Waals surface area contributed by atoms with Gasteiger partial charge in [0.1, 0.15) is 5.82 Å². The van der Waals surface area contributed by atoms with Crippen LogP contribution in [0.4, 0.5) is 0 Å². The van der Waals surface area contributed by atoms with Crippen LogP contribution in [0.5, 0.6) is 0 Å². The highest BCUT2D eigenvalue weighted by atomic mass is 14.9. The van der Waals surface area contributed by atoms with Crippen molar-refractivity contribution in [2.75, 3.05) is 6.54 Å². The first-order valence-corrected chi connectivity index (χ1v) is 6.46. The molecule has 5 heteroatoms. The van der Waals surface area contributed by atoms with Crippen molar-refractivity contribution in [3.05, 3.63) is 36.5 Å². The molecule has 0 fully saturated rings. The van der Waals surface area contributed by atoms with E-state index in [0.717, 1.165) is 34.5 Å². The van der Waals surface area contributed by atoms with Crippen LogP contribution in [-0.2, 0) is 0 Å². The summed E-state index contributed by atoms with van der Waals surface area (Å²) in [5.74, 6) is 1.35. The van der Waals surface area contributed by atoms with Crippen molar-refractivity contribution in [1.82, 2.24) is 19.9 Å². The molecule has 1 aromatic carbocycles. The molecule has 0 saturated heterocycles. The number of hydrogen-bond donors (Lipinski definition) is 3. The van der Waals surface area contributed by atoms with Gasteiger partial charge in [-0.25, -0.2) is 9.97 Å². The van der Waals surface area contributed by atoms with Crippen molar-refractivity contribution < 1.29 is 0 Å². The maximum absolute atomic E-state index is 5.58. The van der Waals surface area contributed by atoms with Gasteiger partial charge in [0.05, 0.1) is 29.3 Å². The van der Waals surface area contributed by atoms with E-state index in [0.29, 0.717) is 12.5 Å². The molecule has 98 valence electrons. The second kappa shape index (κ2) is 4.85. The summed E-state index contributed by atoms with van der Waals surface area (Å²) < 4.78 is 0. The molecule has 3 aromatic rings. The summed E-state index contributed by atoms with van der Waals surface area (Å²) in [5.41, 5.74) is 9.72. The lowest BCUT2D eigenvalue weighted by atomic mass is 10.1. The zero-order chi connectivity index (χ0) is 13.2. The number of H-pyrrole nitrogens is 2. The third kappa shape index (κ3) is 2.24. The number of aromatic amines is 2.